The molecule has 0 amide bonds. The number of tetrazole rings is 1. The Balaban J connectivity index is 1.89. The van der Waals surface area contributed by atoms with Crippen LogP contribution in [0.1, 0.15) is 19.2 Å². The summed E-state index contributed by atoms with van der Waals surface area (Å²) in [5.74, 6) is 0.914. The lowest BCUT2D eigenvalue weighted by atomic mass is 9.89. The Kier molecular flexibility index (Phi) is 3.20. The first-order valence-corrected chi connectivity index (χ1v) is 5.70. The van der Waals surface area contributed by atoms with Gasteiger partial charge >= 0.3 is 0 Å². The van der Waals surface area contributed by atoms with Crippen molar-refractivity contribution in [2.45, 2.75) is 19.9 Å². The molecule has 0 aromatic carbocycles. The molecule has 6 nitrogen and oxygen atoms in total. The zero-order valence-corrected chi connectivity index (χ0v) is 10.3. The third-order valence-corrected chi connectivity index (χ3v) is 3.23. The highest BCUT2D eigenvalue weighted by Crippen LogP contribution is 2.25. The number of hydrogen-bond acceptors (Lipinski definition) is 5. The van der Waals surface area contributed by atoms with E-state index in [1.165, 1.54) is 6.42 Å². The van der Waals surface area contributed by atoms with Crippen molar-refractivity contribution in [1.29, 1.82) is 0 Å². The van der Waals surface area contributed by atoms with Crippen LogP contribution in [0.3, 0.4) is 0 Å². The second kappa shape index (κ2) is 4.47. The molecule has 1 aromatic heterocycles. The summed E-state index contributed by atoms with van der Waals surface area (Å²) in [6.45, 7) is 6.45. The number of aromatic nitrogens is 4. The highest BCUT2D eigenvalue weighted by Gasteiger charge is 2.29. The van der Waals surface area contributed by atoms with Crippen LogP contribution in [-0.4, -0.2) is 51.8 Å². The Labute approximate surface area is 96.0 Å². The van der Waals surface area contributed by atoms with Crippen LogP contribution >= 0.6 is 0 Å². The molecule has 1 N–H and O–H groups in total. The molecule has 1 fully saturated rings. The summed E-state index contributed by atoms with van der Waals surface area (Å²) in [6.07, 6.45) is 1.24. The zero-order chi connectivity index (χ0) is 11.6. The smallest absolute Gasteiger partial charge is 0.164 e. The van der Waals surface area contributed by atoms with Crippen LogP contribution in [0.15, 0.2) is 0 Å². The summed E-state index contributed by atoms with van der Waals surface area (Å²) in [5.41, 5.74) is 0.390. The molecule has 1 aromatic rings. The molecular formula is C10H20N6. The lowest BCUT2D eigenvalue weighted by Gasteiger charge is -2.28. The highest BCUT2D eigenvalue weighted by molar-refractivity contribution is 4.87. The molecule has 0 aliphatic carbocycles. The first kappa shape index (κ1) is 11.5. The third kappa shape index (κ3) is 2.56. The number of nitrogens with zero attached hydrogens (tertiary/aromatic N) is 5. The van der Waals surface area contributed by atoms with Gasteiger partial charge in [-0.3, -0.25) is 4.90 Å². The van der Waals surface area contributed by atoms with E-state index in [9.17, 15) is 0 Å². The van der Waals surface area contributed by atoms with Crippen LogP contribution in [0.25, 0.3) is 0 Å². The predicted molar refractivity (Wildman–Crippen MR) is 60.7 cm³/mol. The lowest BCUT2D eigenvalue weighted by Crippen LogP contribution is -2.35. The average Bonchev–Trinajstić information content (AvgIpc) is 2.77. The molecule has 0 saturated carbocycles. The summed E-state index contributed by atoms with van der Waals surface area (Å²) in [6, 6.07) is 0. The standard InChI is InChI=1S/C10H20N6/c1-10(4-5-11-7-10)8-15(2)6-9-12-13-14-16(9)3/h11H,4-8H2,1-3H3. The minimum atomic E-state index is 0.390. The van der Waals surface area contributed by atoms with Crippen molar-refractivity contribution in [3.05, 3.63) is 5.82 Å². The SMILES string of the molecule is CN(Cc1nnnn1C)CC1(C)CCNC1. The van der Waals surface area contributed by atoms with Crippen LogP contribution < -0.4 is 5.32 Å². The maximum atomic E-state index is 4.00. The van der Waals surface area contributed by atoms with Gasteiger partial charge in [-0.05, 0) is 35.9 Å². The summed E-state index contributed by atoms with van der Waals surface area (Å²) in [4.78, 5) is 2.29. The van der Waals surface area contributed by atoms with Gasteiger partial charge in [-0.15, -0.1) is 5.10 Å². The van der Waals surface area contributed by atoms with E-state index in [1.54, 1.807) is 4.68 Å². The van der Waals surface area contributed by atoms with Crippen LogP contribution in [0.4, 0.5) is 0 Å². The van der Waals surface area contributed by atoms with Crippen LogP contribution in [0, 0.1) is 5.41 Å². The lowest BCUT2D eigenvalue weighted by molar-refractivity contribution is 0.198. The van der Waals surface area contributed by atoms with Crippen molar-refractivity contribution in [3.8, 4) is 0 Å². The maximum absolute atomic E-state index is 4.00. The Morgan fingerprint density at radius 2 is 2.38 bits per heavy atom. The molecule has 0 bridgehead atoms. The fraction of sp³-hybridized carbons (Fsp3) is 0.900. The van der Waals surface area contributed by atoms with Gasteiger partial charge in [-0.25, -0.2) is 4.68 Å². The topological polar surface area (TPSA) is 58.9 Å². The summed E-state index contributed by atoms with van der Waals surface area (Å²) in [7, 11) is 4.00. The van der Waals surface area contributed by atoms with Crippen molar-refractivity contribution in [2.24, 2.45) is 12.5 Å². The molecular weight excluding hydrogens is 204 g/mol. The van der Waals surface area contributed by atoms with Crippen molar-refractivity contribution >= 4 is 0 Å². The van der Waals surface area contributed by atoms with Gasteiger partial charge in [0, 0.05) is 20.1 Å². The Morgan fingerprint density at radius 3 is 2.94 bits per heavy atom. The molecule has 1 unspecified atom stereocenters. The van der Waals surface area contributed by atoms with Crippen molar-refractivity contribution in [2.75, 3.05) is 26.7 Å². The van der Waals surface area contributed by atoms with Gasteiger partial charge in [-0.1, -0.05) is 6.92 Å². The van der Waals surface area contributed by atoms with E-state index in [2.05, 4.69) is 39.7 Å². The molecule has 1 aliphatic heterocycles. The Bertz CT molecular complexity index is 341. The second-order valence-electron chi connectivity index (χ2n) is 5.13. The van der Waals surface area contributed by atoms with Crippen LogP contribution in [0.5, 0.6) is 0 Å². The van der Waals surface area contributed by atoms with Gasteiger partial charge in [0.25, 0.3) is 0 Å². The molecule has 2 rings (SSSR count). The monoisotopic (exact) mass is 224 g/mol. The Hall–Kier alpha value is -1.01. The number of rotatable bonds is 4. The predicted octanol–water partition coefficient (Wildman–Crippen LogP) is -0.358. The molecule has 0 radical (unpaired) electrons. The van der Waals surface area contributed by atoms with E-state index < -0.39 is 0 Å². The van der Waals surface area contributed by atoms with Gasteiger partial charge in [0.1, 0.15) is 0 Å². The number of nitrogens with one attached hydrogen (secondary N) is 1. The van der Waals surface area contributed by atoms with Crippen molar-refractivity contribution in [1.82, 2.24) is 30.4 Å². The first-order valence-electron chi connectivity index (χ1n) is 5.70. The van der Waals surface area contributed by atoms with E-state index in [4.69, 9.17) is 0 Å². The normalized spacial score (nSPS) is 25.5. The molecule has 16 heavy (non-hydrogen) atoms. The molecule has 1 aliphatic rings. The summed E-state index contributed by atoms with van der Waals surface area (Å²) < 4.78 is 1.73. The van der Waals surface area contributed by atoms with Gasteiger partial charge in [0.15, 0.2) is 5.82 Å². The van der Waals surface area contributed by atoms with Gasteiger partial charge < -0.3 is 5.32 Å². The van der Waals surface area contributed by atoms with Crippen molar-refractivity contribution < 1.29 is 0 Å². The summed E-state index contributed by atoms with van der Waals surface area (Å²) >= 11 is 0. The minimum Gasteiger partial charge on any atom is -0.316 e. The fourth-order valence-corrected chi connectivity index (χ4v) is 2.33. The highest BCUT2D eigenvalue weighted by atomic mass is 15.5. The molecule has 2 heterocycles. The molecule has 6 heteroatoms. The number of aryl methyl sites for hydroxylation is 1. The van der Waals surface area contributed by atoms with Gasteiger partial charge in [0.2, 0.25) is 0 Å². The fourth-order valence-electron chi connectivity index (χ4n) is 2.33. The molecule has 90 valence electrons. The zero-order valence-electron chi connectivity index (χ0n) is 10.3. The van der Waals surface area contributed by atoms with E-state index >= 15 is 0 Å². The molecule has 0 spiro atoms. The first-order chi connectivity index (χ1) is 7.59. The Morgan fingerprint density at radius 1 is 1.56 bits per heavy atom. The largest absolute Gasteiger partial charge is 0.316 e. The average molecular weight is 224 g/mol. The molecule has 1 saturated heterocycles. The maximum Gasteiger partial charge on any atom is 0.164 e. The minimum absolute atomic E-state index is 0.390. The van der Waals surface area contributed by atoms with Crippen LogP contribution in [0.2, 0.25) is 0 Å². The van der Waals surface area contributed by atoms with E-state index in [-0.39, 0.29) is 0 Å². The summed E-state index contributed by atoms with van der Waals surface area (Å²) in [5, 5.41) is 14.9. The van der Waals surface area contributed by atoms with Gasteiger partial charge in [-0.2, -0.15) is 0 Å². The number of hydrogen-bond donors (Lipinski definition) is 1. The second-order valence-corrected chi connectivity index (χ2v) is 5.13. The van der Waals surface area contributed by atoms with Crippen molar-refractivity contribution in [3.63, 3.8) is 0 Å². The van der Waals surface area contributed by atoms with Crippen LogP contribution in [-0.2, 0) is 13.6 Å². The third-order valence-electron chi connectivity index (χ3n) is 3.23. The van der Waals surface area contributed by atoms with E-state index in [1.807, 2.05) is 7.05 Å². The molecule has 1 atom stereocenters. The van der Waals surface area contributed by atoms with E-state index in [0.29, 0.717) is 5.41 Å². The van der Waals surface area contributed by atoms with E-state index in [0.717, 1.165) is 32.0 Å². The van der Waals surface area contributed by atoms with Gasteiger partial charge in [0.05, 0.1) is 6.54 Å². The quantitative estimate of drug-likeness (QED) is 0.757.